The van der Waals surface area contributed by atoms with Crippen LogP contribution < -0.4 is 15.5 Å². The van der Waals surface area contributed by atoms with Gasteiger partial charge in [-0.3, -0.25) is 10.1 Å². The summed E-state index contributed by atoms with van der Waals surface area (Å²) in [5, 5.41) is 31.3. The number of carbonyl (C=O) groups excluding carboxylic acids is 2. The van der Waals surface area contributed by atoms with Crippen LogP contribution in [-0.2, 0) is 33.2 Å². The topological polar surface area (TPSA) is 152 Å². The van der Waals surface area contributed by atoms with E-state index in [1.54, 1.807) is 6.07 Å². The van der Waals surface area contributed by atoms with Gasteiger partial charge in [0.15, 0.2) is 5.82 Å². The first-order valence-corrected chi connectivity index (χ1v) is 7.41. The molecule has 2 rings (SSSR count). The molecule has 27 heavy (non-hydrogen) atoms. The fraction of sp³-hybridized carbons (Fsp3) is 0.400. The van der Waals surface area contributed by atoms with Crippen LogP contribution in [0.3, 0.4) is 0 Å². The van der Waals surface area contributed by atoms with E-state index in [2.05, 4.69) is 10.3 Å². The maximum absolute atomic E-state index is 12.7. The van der Waals surface area contributed by atoms with Crippen molar-refractivity contribution in [3.8, 4) is 0 Å². The van der Waals surface area contributed by atoms with Crippen molar-refractivity contribution in [1.82, 2.24) is 15.2 Å². The molecule has 1 N–H and O–H groups in total. The first-order valence-electron chi connectivity index (χ1n) is 7.41. The predicted molar refractivity (Wildman–Crippen MR) is 83.7 cm³/mol. The number of carboxylic acids is 2. The van der Waals surface area contributed by atoms with E-state index in [9.17, 15) is 14.5 Å². The third kappa shape index (κ3) is 15.3. The van der Waals surface area contributed by atoms with E-state index in [1.807, 2.05) is 4.90 Å². The Morgan fingerprint density at radius 2 is 1.89 bits per heavy atom. The maximum atomic E-state index is 12.7. The Kier molecular flexibility index (Phi) is 14.2. The summed E-state index contributed by atoms with van der Waals surface area (Å²) in [6.07, 6.45) is 3.30. The normalized spacial score (nSPS) is 13.6. The van der Waals surface area contributed by atoms with Crippen LogP contribution in [-0.4, -0.2) is 39.8 Å². The molecule has 0 aromatic carbocycles. The zero-order valence-electron chi connectivity index (χ0n) is 14.6. The van der Waals surface area contributed by atoms with E-state index < -0.39 is 22.8 Å². The molecule has 1 radical (unpaired) electrons. The van der Waals surface area contributed by atoms with E-state index >= 15 is 0 Å². The van der Waals surface area contributed by atoms with Gasteiger partial charge in [-0.05, 0) is 31.9 Å². The number of aromatic nitrogens is 1. The van der Waals surface area contributed by atoms with Crippen LogP contribution in [0, 0.1) is 16.1 Å². The summed E-state index contributed by atoms with van der Waals surface area (Å²) >= 11 is 0. The number of nitrogens with one attached hydrogen (secondary N) is 1. The summed E-state index contributed by atoms with van der Waals surface area (Å²) < 4.78 is 12.7. The van der Waals surface area contributed by atoms with Crippen LogP contribution in [0.25, 0.3) is 0 Å². The van der Waals surface area contributed by atoms with Gasteiger partial charge in [-0.15, -0.1) is 0 Å². The minimum Gasteiger partial charge on any atom is -0.550 e. The van der Waals surface area contributed by atoms with Crippen molar-refractivity contribution >= 4 is 11.9 Å². The second-order valence-electron chi connectivity index (χ2n) is 4.97. The molecule has 1 aromatic heterocycles. The van der Waals surface area contributed by atoms with Gasteiger partial charge in [0.1, 0.15) is 0 Å². The number of hydrogen-bond donors (Lipinski definition) is 1. The molecular formula is C15H19CuFN4O6. The van der Waals surface area contributed by atoms with Gasteiger partial charge in [-0.25, -0.2) is 4.98 Å². The fourth-order valence-electron chi connectivity index (χ4n) is 1.83. The molecule has 153 valence electrons. The SMILES string of the molecule is CC(=O)[O-].CC(=O)[O-].O=[N+]([O-])C=C1NCCCN1Cc1ccc(F)nc1.[Cu+2]. The number of nitrogens with zero attached hydrogens (tertiary/aromatic N) is 3. The van der Waals surface area contributed by atoms with Crippen LogP contribution in [0.1, 0.15) is 25.8 Å². The first-order chi connectivity index (χ1) is 12.1. The van der Waals surface area contributed by atoms with Gasteiger partial charge in [0.2, 0.25) is 5.95 Å². The smallest absolute Gasteiger partial charge is 0.550 e. The molecule has 1 aliphatic rings. The number of halogens is 1. The fourth-order valence-corrected chi connectivity index (χ4v) is 1.83. The third-order valence-corrected chi connectivity index (χ3v) is 2.64. The van der Waals surface area contributed by atoms with Crippen molar-refractivity contribution in [3.63, 3.8) is 0 Å². The Hall–Kier alpha value is -2.72. The quantitative estimate of drug-likeness (QED) is 0.262. The maximum Gasteiger partial charge on any atom is 2.00 e. The Morgan fingerprint density at radius 1 is 1.33 bits per heavy atom. The number of pyridine rings is 1. The molecule has 2 heterocycles. The van der Waals surface area contributed by atoms with E-state index in [0.717, 1.165) is 45.1 Å². The van der Waals surface area contributed by atoms with Crippen LogP contribution >= 0.6 is 0 Å². The summed E-state index contributed by atoms with van der Waals surface area (Å²) in [7, 11) is 0. The second kappa shape index (κ2) is 14.4. The number of carbonyl (C=O) groups is 2. The van der Waals surface area contributed by atoms with Gasteiger partial charge >= 0.3 is 17.1 Å². The van der Waals surface area contributed by atoms with E-state index in [-0.39, 0.29) is 17.1 Å². The minimum absolute atomic E-state index is 0. The molecule has 1 saturated heterocycles. The molecule has 1 aromatic rings. The zero-order chi connectivity index (χ0) is 20.1. The molecule has 0 unspecified atom stereocenters. The third-order valence-electron chi connectivity index (χ3n) is 2.64. The molecular weight excluding hydrogens is 415 g/mol. The Bertz CT molecular complexity index is 622. The number of hydrogen-bond acceptors (Lipinski definition) is 9. The van der Waals surface area contributed by atoms with Crippen molar-refractivity contribution in [2.45, 2.75) is 26.8 Å². The standard InChI is InChI=1S/C11H13FN4O2.2C2H4O2.Cu/c12-10-3-2-9(6-14-10)7-15-5-1-4-13-11(15)8-16(17)18;2*1-2(3)4;/h2-3,6,8,13H,1,4-5,7H2;2*1H3,(H,3,4);/q;;;+2/p-2. The van der Waals surface area contributed by atoms with E-state index in [0.29, 0.717) is 12.4 Å². The number of nitro groups is 1. The Balaban J connectivity index is 0. The molecule has 0 amide bonds. The monoisotopic (exact) mass is 433 g/mol. The molecule has 0 aliphatic carbocycles. The molecule has 1 aliphatic heterocycles. The summed E-state index contributed by atoms with van der Waals surface area (Å²) in [5.41, 5.74) is 0.814. The second-order valence-corrected chi connectivity index (χ2v) is 4.97. The summed E-state index contributed by atoms with van der Waals surface area (Å²) in [4.78, 5) is 33.2. The number of aliphatic carboxylic acids is 2. The average molecular weight is 434 g/mol. The molecule has 0 bridgehead atoms. The molecule has 0 saturated carbocycles. The number of rotatable bonds is 3. The average Bonchev–Trinajstić information content (AvgIpc) is 2.50. The molecule has 1 fully saturated rings. The Morgan fingerprint density at radius 3 is 2.33 bits per heavy atom. The van der Waals surface area contributed by atoms with Crippen LogP contribution in [0.2, 0.25) is 0 Å². The van der Waals surface area contributed by atoms with Gasteiger partial charge in [-0.1, -0.05) is 6.07 Å². The summed E-state index contributed by atoms with van der Waals surface area (Å²) in [6, 6.07) is 2.91. The van der Waals surface area contributed by atoms with Gasteiger partial charge in [0.25, 0.3) is 6.20 Å². The van der Waals surface area contributed by atoms with Gasteiger partial charge < -0.3 is 30.0 Å². The number of carboxylic acid groups (broad SMARTS) is 2. The van der Waals surface area contributed by atoms with E-state index in [4.69, 9.17) is 19.8 Å². The molecule has 10 nitrogen and oxygen atoms in total. The molecule has 0 atom stereocenters. The van der Waals surface area contributed by atoms with Crippen molar-refractivity contribution in [3.05, 3.63) is 52.0 Å². The summed E-state index contributed by atoms with van der Waals surface area (Å²) in [5.74, 6) is -2.22. The zero-order valence-corrected chi connectivity index (χ0v) is 15.6. The van der Waals surface area contributed by atoms with Gasteiger partial charge in [0, 0.05) is 37.8 Å². The largest absolute Gasteiger partial charge is 2.00 e. The van der Waals surface area contributed by atoms with Crippen molar-refractivity contribution in [1.29, 1.82) is 0 Å². The molecule has 0 spiro atoms. The van der Waals surface area contributed by atoms with Crippen molar-refractivity contribution in [2.24, 2.45) is 0 Å². The van der Waals surface area contributed by atoms with E-state index in [1.165, 1.54) is 12.3 Å². The minimum atomic E-state index is -1.08. The van der Waals surface area contributed by atoms with Gasteiger partial charge in [-0.2, -0.15) is 4.39 Å². The van der Waals surface area contributed by atoms with Crippen LogP contribution in [0.15, 0.2) is 30.4 Å². The van der Waals surface area contributed by atoms with Gasteiger partial charge in [0.05, 0.1) is 4.92 Å². The van der Waals surface area contributed by atoms with Crippen molar-refractivity contribution in [2.75, 3.05) is 13.1 Å². The molecule has 12 heteroatoms. The van der Waals surface area contributed by atoms with Crippen LogP contribution in [0.4, 0.5) is 4.39 Å². The Labute approximate surface area is 165 Å². The summed E-state index contributed by atoms with van der Waals surface area (Å²) in [6.45, 7) is 3.86. The first kappa shape index (κ1) is 26.5. The van der Waals surface area contributed by atoms with Crippen LogP contribution in [0.5, 0.6) is 0 Å². The van der Waals surface area contributed by atoms with Crippen molar-refractivity contribution < 1.29 is 46.2 Å². The predicted octanol–water partition coefficient (Wildman–Crippen LogP) is -1.40.